The van der Waals surface area contributed by atoms with E-state index < -0.39 is 5.41 Å². The second kappa shape index (κ2) is 10.9. The number of imidazole rings is 1. The van der Waals surface area contributed by atoms with Crippen LogP contribution in [0.1, 0.15) is 87.6 Å². The first-order valence-corrected chi connectivity index (χ1v) is 16.4. The second-order valence-electron chi connectivity index (χ2n) is 14.6. The third-order valence-corrected chi connectivity index (χ3v) is 10.1. The molecule has 2 aliphatic carbocycles. The van der Waals surface area contributed by atoms with E-state index in [0.29, 0.717) is 35.5 Å². The molecule has 2 aliphatic heterocycles. The average Bonchev–Trinajstić information content (AvgIpc) is 3.69. The van der Waals surface area contributed by atoms with Crippen molar-refractivity contribution in [2.45, 2.75) is 91.4 Å². The largest absolute Gasteiger partial charge is 0.482 e. The van der Waals surface area contributed by atoms with Crippen molar-refractivity contribution in [1.82, 2.24) is 29.2 Å². The summed E-state index contributed by atoms with van der Waals surface area (Å²) >= 11 is 0. The SMILES string of the molecule is COc1cc(C(=O)N2CC3CCC2CC3N)cc2nc(-c3cc4ccc([C@@H](C)NC(=O)C(C)(C)C)nc4n3CC3CC3)c(C)n12. The Bertz CT molecular complexity index is 1810. The Balaban J connectivity index is 1.28. The lowest BCUT2D eigenvalue weighted by atomic mass is 9.76. The number of methoxy groups -OCH3 is 1. The topological polar surface area (TPSA) is 120 Å². The number of carbonyl (C=O) groups is 2. The molecule has 6 heterocycles. The highest BCUT2D eigenvalue weighted by molar-refractivity contribution is 5.96. The lowest BCUT2D eigenvalue weighted by molar-refractivity contribution is -0.129. The Morgan fingerprint density at radius 3 is 2.53 bits per heavy atom. The van der Waals surface area contributed by atoms with Crippen molar-refractivity contribution in [2.75, 3.05) is 13.7 Å². The maximum absolute atomic E-state index is 13.8. The highest BCUT2D eigenvalue weighted by atomic mass is 16.5. The zero-order chi connectivity index (χ0) is 31.8. The molecule has 0 radical (unpaired) electrons. The first-order valence-electron chi connectivity index (χ1n) is 16.4. The van der Waals surface area contributed by atoms with Gasteiger partial charge in [-0.1, -0.05) is 20.8 Å². The molecule has 0 aromatic carbocycles. The van der Waals surface area contributed by atoms with Crippen LogP contribution in [0, 0.1) is 24.2 Å². The van der Waals surface area contributed by atoms with Gasteiger partial charge in [-0.2, -0.15) is 0 Å². The van der Waals surface area contributed by atoms with Crippen molar-refractivity contribution in [2.24, 2.45) is 23.0 Å². The van der Waals surface area contributed by atoms with Crippen LogP contribution >= 0.6 is 0 Å². The number of nitrogens with zero attached hydrogens (tertiary/aromatic N) is 5. The molecule has 2 amide bonds. The van der Waals surface area contributed by atoms with Crippen LogP contribution < -0.4 is 15.8 Å². The minimum absolute atomic E-state index is 0.00515. The quantitative estimate of drug-likeness (QED) is 0.295. The summed E-state index contributed by atoms with van der Waals surface area (Å²) in [7, 11) is 1.64. The molecule has 4 aromatic heterocycles. The lowest BCUT2D eigenvalue weighted by Gasteiger charge is -2.48. The minimum Gasteiger partial charge on any atom is -0.482 e. The van der Waals surface area contributed by atoms with Gasteiger partial charge < -0.3 is 25.3 Å². The molecule has 3 unspecified atom stereocenters. The molecule has 2 saturated heterocycles. The second-order valence-corrected chi connectivity index (χ2v) is 14.6. The van der Waals surface area contributed by atoms with Crippen LogP contribution in [0.15, 0.2) is 30.3 Å². The maximum Gasteiger partial charge on any atom is 0.254 e. The molecule has 2 bridgehead atoms. The summed E-state index contributed by atoms with van der Waals surface area (Å²) in [5.74, 6) is 1.57. The van der Waals surface area contributed by atoms with Gasteiger partial charge in [-0.3, -0.25) is 14.0 Å². The third kappa shape index (κ3) is 5.26. The molecule has 238 valence electrons. The molecular weight excluding hydrogens is 566 g/mol. The van der Waals surface area contributed by atoms with Gasteiger partial charge in [0.15, 0.2) is 5.88 Å². The van der Waals surface area contributed by atoms with Gasteiger partial charge in [0.05, 0.1) is 30.2 Å². The number of aryl methyl sites for hydroxylation is 1. The molecule has 8 rings (SSSR count). The van der Waals surface area contributed by atoms with Crippen LogP contribution in [0.5, 0.6) is 5.88 Å². The number of pyridine rings is 2. The highest BCUT2D eigenvalue weighted by Gasteiger charge is 2.41. The fourth-order valence-corrected chi connectivity index (χ4v) is 7.17. The van der Waals surface area contributed by atoms with Gasteiger partial charge >= 0.3 is 0 Å². The van der Waals surface area contributed by atoms with Gasteiger partial charge in [0.2, 0.25) is 5.91 Å². The number of ether oxygens (including phenoxy) is 1. The van der Waals surface area contributed by atoms with E-state index in [1.54, 1.807) is 7.11 Å². The first-order chi connectivity index (χ1) is 21.4. The third-order valence-electron chi connectivity index (χ3n) is 10.1. The number of rotatable bonds is 7. The number of piperidine rings is 2. The molecule has 45 heavy (non-hydrogen) atoms. The monoisotopic (exact) mass is 611 g/mol. The van der Waals surface area contributed by atoms with Gasteiger partial charge in [-0.15, -0.1) is 0 Å². The van der Waals surface area contributed by atoms with Crippen molar-refractivity contribution < 1.29 is 14.3 Å². The number of amides is 2. The molecule has 4 fully saturated rings. The van der Waals surface area contributed by atoms with E-state index in [0.717, 1.165) is 59.6 Å². The zero-order valence-corrected chi connectivity index (χ0v) is 27.3. The van der Waals surface area contributed by atoms with Gasteiger partial charge in [-0.05, 0) is 82.1 Å². The van der Waals surface area contributed by atoms with E-state index in [9.17, 15) is 9.59 Å². The fraction of sp³-hybridized carbons (Fsp3) is 0.543. The normalized spacial score (nSPS) is 22.3. The Morgan fingerprint density at radius 1 is 1.11 bits per heavy atom. The number of aromatic nitrogens is 4. The van der Waals surface area contributed by atoms with Crippen molar-refractivity contribution >= 4 is 28.5 Å². The van der Waals surface area contributed by atoms with E-state index in [1.165, 1.54) is 12.8 Å². The van der Waals surface area contributed by atoms with Gasteiger partial charge in [0.25, 0.3) is 5.91 Å². The number of hydrogen-bond acceptors (Lipinski definition) is 6. The summed E-state index contributed by atoms with van der Waals surface area (Å²) in [6.45, 7) is 11.3. The summed E-state index contributed by atoms with van der Waals surface area (Å²) < 4.78 is 10.1. The van der Waals surface area contributed by atoms with E-state index >= 15 is 0 Å². The molecule has 4 aromatic rings. The fourth-order valence-electron chi connectivity index (χ4n) is 7.17. The molecule has 0 spiro atoms. The zero-order valence-electron chi connectivity index (χ0n) is 27.3. The molecule has 4 atom stereocenters. The smallest absolute Gasteiger partial charge is 0.254 e. The Morgan fingerprint density at radius 2 is 1.89 bits per heavy atom. The highest BCUT2D eigenvalue weighted by Crippen LogP contribution is 2.39. The van der Waals surface area contributed by atoms with Crippen molar-refractivity contribution in [3.8, 4) is 17.3 Å². The van der Waals surface area contributed by atoms with Crippen LogP contribution in [0.3, 0.4) is 0 Å². The van der Waals surface area contributed by atoms with Gasteiger partial charge in [0, 0.05) is 47.6 Å². The summed E-state index contributed by atoms with van der Waals surface area (Å²) in [6.07, 6.45) is 5.37. The van der Waals surface area contributed by atoms with E-state index in [-0.39, 0.29) is 29.9 Å². The average molecular weight is 612 g/mol. The predicted molar refractivity (Wildman–Crippen MR) is 174 cm³/mol. The van der Waals surface area contributed by atoms with E-state index in [1.807, 2.05) is 62.1 Å². The van der Waals surface area contributed by atoms with Gasteiger partial charge in [0.1, 0.15) is 17.0 Å². The van der Waals surface area contributed by atoms with E-state index in [2.05, 4.69) is 22.0 Å². The van der Waals surface area contributed by atoms with Crippen LogP contribution in [0.4, 0.5) is 0 Å². The van der Waals surface area contributed by atoms with Crippen LogP contribution in [0.2, 0.25) is 0 Å². The molecular formula is C35H45N7O3. The summed E-state index contributed by atoms with van der Waals surface area (Å²) in [5.41, 5.74) is 11.6. The number of nitrogens with two attached hydrogens (primary N) is 1. The van der Waals surface area contributed by atoms with Gasteiger partial charge in [-0.25, -0.2) is 9.97 Å². The number of carbonyl (C=O) groups excluding carboxylic acids is 2. The van der Waals surface area contributed by atoms with Crippen molar-refractivity contribution in [3.05, 3.63) is 47.3 Å². The number of hydrogen-bond donors (Lipinski definition) is 2. The van der Waals surface area contributed by atoms with E-state index in [4.69, 9.17) is 20.4 Å². The molecule has 3 N–H and O–H groups in total. The van der Waals surface area contributed by atoms with Crippen molar-refractivity contribution in [3.63, 3.8) is 0 Å². The Hall–Kier alpha value is -3.92. The molecule has 10 nitrogen and oxygen atoms in total. The van der Waals surface area contributed by atoms with Crippen LogP contribution in [-0.2, 0) is 11.3 Å². The first kappa shape index (κ1) is 29.8. The van der Waals surface area contributed by atoms with Crippen LogP contribution in [-0.4, -0.2) is 61.4 Å². The van der Waals surface area contributed by atoms with Crippen molar-refractivity contribution in [1.29, 1.82) is 0 Å². The molecule has 2 saturated carbocycles. The number of nitrogens with one attached hydrogen (secondary N) is 1. The molecule has 10 heteroatoms. The summed E-state index contributed by atoms with van der Waals surface area (Å²) in [6, 6.07) is 10.1. The summed E-state index contributed by atoms with van der Waals surface area (Å²) in [5, 5.41) is 4.15. The maximum atomic E-state index is 13.8. The standard InChI is InChI=1S/C35H45N7O3/c1-19(37-34(44)35(3,4)5)27-12-10-22-13-28(41(32(22)38-27)17-21-7-8-21)31-20(2)42-29(39-31)14-24(15-30(42)45-6)33(43)40-18-23-9-11-25(40)16-26(23)36/h10,12-15,19,21,23,25-26H,7-9,11,16-18,36H2,1-6H3,(H,37,44)/t19-,23?,25?,26?/m1/s1. The Kier molecular flexibility index (Phi) is 7.18. The lowest BCUT2D eigenvalue weighted by Crippen LogP contribution is -2.58. The Labute approximate surface area is 264 Å². The number of fused-ring (bicyclic) bond motifs is 5. The summed E-state index contributed by atoms with van der Waals surface area (Å²) in [4.78, 5) is 38.8. The predicted octanol–water partition coefficient (Wildman–Crippen LogP) is 5.25. The molecule has 4 aliphatic rings. The minimum atomic E-state index is -0.481. The van der Waals surface area contributed by atoms with Crippen LogP contribution in [0.25, 0.3) is 28.1 Å².